The van der Waals surface area contributed by atoms with Crippen LogP contribution in [0.5, 0.6) is 0 Å². The first-order chi connectivity index (χ1) is 7.69. The van der Waals surface area contributed by atoms with E-state index in [-0.39, 0.29) is 6.04 Å². The van der Waals surface area contributed by atoms with E-state index in [1.807, 2.05) is 12.1 Å². The monoisotopic (exact) mass is 286 g/mol. The Bertz CT molecular complexity index is 320. The molecule has 0 fully saturated rings. The van der Waals surface area contributed by atoms with Gasteiger partial charge < -0.3 is 10.5 Å². The minimum Gasteiger partial charge on any atom is -0.383 e. The van der Waals surface area contributed by atoms with Crippen molar-refractivity contribution in [3.63, 3.8) is 0 Å². The van der Waals surface area contributed by atoms with E-state index >= 15 is 0 Å². The summed E-state index contributed by atoms with van der Waals surface area (Å²) >= 11 is 3.55. The molecule has 2 N–H and O–H groups in total. The summed E-state index contributed by atoms with van der Waals surface area (Å²) in [5.74, 6) is 0. The van der Waals surface area contributed by atoms with E-state index in [9.17, 15) is 0 Å². The molecule has 1 rings (SSSR count). The largest absolute Gasteiger partial charge is 0.383 e. The highest BCUT2D eigenvalue weighted by Gasteiger charge is 2.13. The third-order valence-corrected chi connectivity index (χ3v) is 3.41. The zero-order valence-electron chi connectivity index (χ0n) is 9.82. The Labute approximate surface area is 106 Å². The molecule has 0 aliphatic heterocycles. The Morgan fingerprint density at radius 2 is 2.12 bits per heavy atom. The molecule has 0 aliphatic carbocycles. The number of nitrogens with zero attached hydrogens (tertiary/aromatic N) is 1. The molecule has 0 bridgehead atoms. The van der Waals surface area contributed by atoms with Gasteiger partial charge in [0.05, 0.1) is 6.61 Å². The molecule has 1 aromatic rings. The molecule has 1 atom stereocenters. The lowest BCUT2D eigenvalue weighted by Crippen LogP contribution is -2.40. The van der Waals surface area contributed by atoms with Crippen LogP contribution in [0.1, 0.15) is 5.56 Å². The summed E-state index contributed by atoms with van der Waals surface area (Å²) in [6.07, 6.45) is 0. The number of ether oxygens (including phenoxy) is 1. The van der Waals surface area contributed by atoms with Crippen LogP contribution in [0.2, 0.25) is 0 Å². The summed E-state index contributed by atoms with van der Waals surface area (Å²) in [6, 6.07) is 8.49. The van der Waals surface area contributed by atoms with Crippen LogP contribution < -0.4 is 5.73 Å². The maximum absolute atomic E-state index is 5.72. The van der Waals surface area contributed by atoms with Crippen LogP contribution in [0, 0.1) is 0 Å². The lowest BCUT2D eigenvalue weighted by molar-refractivity contribution is 0.106. The lowest BCUT2D eigenvalue weighted by atomic mass is 10.2. The highest BCUT2D eigenvalue weighted by atomic mass is 79.9. The van der Waals surface area contributed by atoms with Crippen molar-refractivity contribution in [3.05, 3.63) is 34.3 Å². The van der Waals surface area contributed by atoms with Gasteiger partial charge in [-0.05, 0) is 18.7 Å². The first-order valence-electron chi connectivity index (χ1n) is 5.31. The van der Waals surface area contributed by atoms with E-state index in [4.69, 9.17) is 10.5 Å². The fourth-order valence-corrected chi connectivity index (χ4v) is 2.00. The van der Waals surface area contributed by atoms with Gasteiger partial charge in [0.2, 0.25) is 0 Å². The fourth-order valence-electron chi connectivity index (χ4n) is 1.59. The van der Waals surface area contributed by atoms with Gasteiger partial charge in [0.15, 0.2) is 0 Å². The van der Waals surface area contributed by atoms with E-state index < -0.39 is 0 Å². The quantitative estimate of drug-likeness (QED) is 0.868. The molecular formula is C12H19BrN2O. The van der Waals surface area contributed by atoms with Crippen LogP contribution in [0.4, 0.5) is 0 Å². The lowest BCUT2D eigenvalue weighted by Gasteiger charge is -2.26. The summed E-state index contributed by atoms with van der Waals surface area (Å²) in [4.78, 5) is 2.21. The third-order valence-electron chi connectivity index (χ3n) is 2.63. The summed E-state index contributed by atoms with van der Waals surface area (Å²) in [7, 11) is 3.77. The Balaban J connectivity index is 2.62. The molecule has 0 heterocycles. The van der Waals surface area contributed by atoms with Crippen molar-refractivity contribution in [2.75, 3.05) is 27.3 Å². The van der Waals surface area contributed by atoms with Crippen molar-refractivity contribution < 1.29 is 4.74 Å². The first-order valence-corrected chi connectivity index (χ1v) is 6.11. The molecule has 0 spiro atoms. The Kier molecular flexibility index (Phi) is 5.98. The molecule has 16 heavy (non-hydrogen) atoms. The van der Waals surface area contributed by atoms with Crippen molar-refractivity contribution in [2.45, 2.75) is 12.6 Å². The molecule has 0 saturated carbocycles. The Hall–Kier alpha value is -0.420. The number of rotatable bonds is 6. The second kappa shape index (κ2) is 7.01. The van der Waals surface area contributed by atoms with E-state index in [2.05, 4.69) is 40.0 Å². The molecule has 1 aromatic carbocycles. The minimum atomic E-state index is 0.261. The van der Waals surface area contributed by atoms with Crippen LogP contribution in [0.15, 0.2) is 28.7 Å². The molecule has 90 valence electrons. The number of hydrogen-bond acceptors (Lipinski definition) is 3. The van der Waals surface area contributed by atoms with E-state index in [0.29, 0.717) is 13.2 Å². The van der Waals surface area contributed by atoms with Gasteiger partial charge in [-0.3, -0.25) is 4.90 Å². The Morgan fingerprint density at radius 3 is 2.69 bits per heavy atom. The van der Waals surface area contributed by atoms with Gasteiger partial charge >= 0.3 is 0 Å². The number of likely N-dealkylation sites (N-methyl/N-ethyl adjacent to an activating group) is 1. The van der Waals surface area contributed by atoms with Gasteiger partial charge in [-0.15, -0.1) is 0 Å². The zero-order valence-corrected chi connectivity index (χ0v) is 11.4. The maximum Gasteiger partial charge on any atom is 0.0630 e. The minimum absolute atomic E-state index is 0.261. The van der Waals surface area contributed by atoms with Gasteiger partial charge in [-0.25, -0.2) is 0 Å². The maximum atomic E-state index is 5.72. The molecule has 0 radical (unpaired) electrons. The molecule has 1 unspecified atom stereocenters. The van der Waals surface area contributed by atoms with Gasteiger partial charge in [0, 0.05) is 30.7 Å². The van der Waals surface area contributed by atoms with Gasteiger partial charge in [0.25, 0.3) is 0 Å². The van der Waals surface area contributed by atoms with Crippen molar-refractivity contribution in [3.8, 4) is 0 Å². The average Bonchev–Trinajstić information content (AvgIpc) is 2.29. The van der Waals surface area contributed by atoms with Crippen molar-refractivity contribution >= 4 is 15.9 Å². The van der Waals surface area contributed by atoms with E-state index in [0.717, 1.165) is 11.0 Å². The van der Waals surface area contributed by atoms with Gasteiger partial charge in [-0.2, -0.15) is 0 Å². The number of methoxy groups -OCH3 is 1. The third kappa shape index (κ3) is 3.87. The standard InChI is InChI=1S/C12H19BrN2O/c1-15(11(7-14)9-16-2)8-10-5-3-4-6-12(10)13/h3-6,11H,7-9,14H2,1-2H3. The smallest absolute Gasteiger partial charge is 0.0630 e. The summed E-state index contributed by atoms with van der Waals surface area (Å²) in [5.41, 5.74) is 6.98. The second-order valence-corrected chi connectivity index (χ2v) is 4.71. The molecule has 0 aromatic heterocycles. The van der Waals surface area contributed by atoms with Gasteiger partial charge in [0.1, 0.15) is 0 Å². The molecule has 0 aliphatic rings. The van der Waals surface area contributed by atoms with Gasteiger partial charge in [-0.1, -0.05) is 34.1 Å². The average molecular weight is 287 g/mol. The van der Waals surface area contributed by atoms with E-state index in [1.165, 1.54) is 5.56 Å². The van der Waals surface area contributed by atoms with Crippen LogP contribution in [-0.2, 0) is 11.3 Å². The molecule has 0 saturated heterocycles. The fraction of sp³-hybridized carbons (Fsp3) is 0.500. The van der Waals surface area contributed by atoms with Crippen molar-refractivity contribution in [1.29, 1.82) is 0 Å². The molecule has 3 nitrogen and oxygen atoms in total. The number of hydrogen-bond donors (Lipinski definition) is 1. The van der Waals surface area contributed by atoms with Crippen LogP contribution in [-0.4, -0.2) is 38.3 Å². The van der Waals surface area contributed by atoms with Crippen LogP contribution in [0.3, 0.4) is 0 Å². The summed E-state index contributed by atoms with van der Waals surface area (Å²) in [6.45, 7) is 2.14. The molecule has 0 amide bonds. The zero-order chi connectivity index (χ0) is 12.0. The Morgan fingerprint density at radius 1 is 1.44 bits per heavy atom. The van der Waals surface area contributed by atoms with E-state index in [1.54, 1.807) is 7.11 Å². The number of nitrogens with two attached hydrogens (primary N) is 1. The van der Waals surface area contributed by atoms with Crippen LogP contribution in [0.25, 0.3) is 0 Å². The SMILES string of the molecule is COCC(CN)N(C)Cc1ccccc1Br. The predicted molar refractivity (Wildman–Crippen MR) is 70.3 cm³/mol. The van der Waals surface area contributed by atoms with Crippen LogP contribution >= 0.6 is 15.9 Å². The summed E-state index contributed by atoms with van der Waals surface area (Å²) < 4.78 is 6.28. The number of benzene rings is 1. The van der Waals surface area contributed by atoms with Crippen molar-refractivity contribution in [1.82, 2.24) is 4.90 Å². The topological polar surface area (TPSA) is 38.5 Å². The highest BCUT2D eigenvalue weighted by Crippen LogP contribution is 2.17. The predicted octanol–water partition coefficient (Wildman–Crippen LogP) is 1.85. The highest BCUT2D eigenvalue weighted by molar-refractivity contribution is 9.10. The normalized spacial score (nSPS) is 13.1. The molecular weight excluding hydrogens is 268 g/mol. The second-order valence-electron chi connectivity index (χ2n) is 3.85. The van der Waals surface area contributed by atoms with Crippen molar-refractivity contribution in [2.24, 2.45) is 5.73 Å². The molecule has 4 heteroatoms. The first kappa shape index (κ1) is 13.6. The summed E-state index contributed by atoms with van der Waals surface area (Å²) in [5, 5.41) is 0. The number of halogens is 1.